The van der Waals surface area contributed by atoms with Gasteiger partial charge in [0.2, 0.25) is 0 Å². The normalized spacial score (nSPS) is 13.2. The van der Waals surface area contributed by atoms with Gasteiger partial charge in [0.1, 0.15) is 0 Å². The van der Waals surface area contributed by atoms with E-state index < -0.39 is 0 Å². The van der Waals surface area contributed by atoms with E-state index in [9.17, 15) is 0 Å². The maximum atomic E-state index is 5.16. The number of hydrogen-bond acceptors (Lipinski definition) is 3. The van der Waals surface area contributed by atoms with Crippen molar-refractivity contribution >= 4 is 0 Å². The van der Waals surface area contributed by atoms with Crippen LogP contribution in [0, 0.1) is 0 Å². The molecule has 1 aromatic rings. The molecule has 12 heavy (non-hydrogen) atoms. The molecule has 0 amide bonds. The second-order valence-corrected chi connectivity index (χ2v) is 2.85. The van der Waals surface area contributed by atoms with E-state index in [0.29, 0.717) is 0 Å². The van der Waals surface area contributed by atoms with E-state index >= 15 is 0 Å². The van der Waals surface area contributed by atoms with Gasteiger partial charge in [-0.1, -0.05) is 19.0 Å². The number of rotatable bonds is 4. The molecule has 1 heterocycles. The van der Waals surface area contributed by atoms with Crippen LogP contribution in [0.1, 0.15) is 39.7 Å². The molecule has 0 aromatic carbocycles. The third kappa shape index (κ3) is 2.08. The lowest BCUT2D eigenvalue weighted by molar-refractivity contribution is 0.345. The van der Waals surface area contributed by atoms with Crippen molar-refractivity contribution < 1.29 is 5.95 Å². The van der Waals surface area contributed by atoms with Gasteiger partial charge in [0.15, 0.2) is 5.76 Å². The fourth-order valence-corrected chi connectivity index (χ4v) is 1.11. The van der Waals surface area contributed by atoms with E-state index in [1.165, 1.54) is 0 Å². The van der Waals surface area contributed by atoms with Gasteiger partial charge in [-0.05, 0) is 19.9 Å². The largest absolute Gasteiger partial charge is 0.359 e. The minimum Gasteiger partial charge on any atom is -0.359 e. The van der Waals surface area contributed by atoms with Crippen LogP contribution in [0.4, 0.5) is 0 Å². The van der Waals surface area contributed by atoms with Crippen LogP contribution in [-0.2, 0) is 6.42 Å². The van der Waals surface area contributed by atoms with Gasteiger partial charge < -0.3 is 9.84 Å². The zero-order chi connectivity index (χ0) is 8.97. The molecule has 3 nitrogen and oxygen atoms in total. The fraction of sp³-hybridized carbons (Fsp3) is 0.667. The predicted octanol–water partition coefficient (Wildman–Crippen LogP) is 2.15. The Bertz CT molecular complexity index is 237. The lowest BCUT2D eigenvalue weighted by Gasteiger charge is -2.06. The summed E-state index contributed by atoms with van der Waals surface area (Å²) in [5.74, 6) is 0.925. The summed E-state index contributed by atoms with van der Waals surface area (Å²) < 4.78 is 5.16. The van der Waals surface area contributed by atoms with Gasteiger partial charge in [-0.25, -0.2) is 0 Å². The third-order valence-electron chi connectivity index (χ3n) is 1.88. The van der Waals surface area contributed by atoms with Crippen molar-refractivity contribution in [1.82, 2.24) is 10.5 Å². The smallest absolute Gasteiger partial charge is 0.153 e. The SMILES string of the molecule is CCNC(C)c1cc(CC)no1.[HH]. The Labute approximate surface area is 74.6 Å². The topological polar surface area (TPSA) is 38.1 Å². The quantitative estimate of drug-likeness (QED) is 0.752. The van der Waals surface area contributed by atoms with Gasteiger partial charge in [-0.3, -0.25) is 0 Å². The lowest BCUT2D eigenvalue weighted by atomic mass is 10.2. The van der Waals surface area contributed by atoms with Crippen LogP contribution in [0.15, 0.2) is 10.6 Å². The standard InChI is InChI=1S/C9H16N2O.H2/c1-4-8-6-9(12-11-8)7(3)10-5-2;/h6-7,10H,4-5H2,1-3H3;1H. The van der Waals surface area contributed by atoms with Crippen molar-refractivity contribution in [2.24, 2.45) is 0 Å². The molecule has 1 unspecified atom stereocenters. The second kappa shape index (κ2) is 4.26. The van der Waals surface area contributed by atoms with Gasteiger partial charge in [-0.2, -0.15) is 0 Å². The van der Waals surface area contributed by atoms with Crippen LogP contribution in [-0.4, -0.2) is 11.7 Å². The van der Waals surface area contributed by atoms with E-state index in [0.717, 1.165) is 24.4 Å². The van der Waals surface area contributed by atoms with Crippen molar-refractivity contribution in [3.05, 3.63) is 17.5 Å². The van der Waals surface area contributed by atoms with Gasteiger partial charge in [-0.15, -0.1) is 0 Å². The Morgan fingerprint density at radius 1 is 1.67 bits per heavy atom. The first kappa shape index (κ1) is 9.26. The highest BCUT2D eigenvalue weighted by atomic mass is 16.5. The molecule has 0 saturated carbocycles. The molecular weight excluding hydrogens is 152 g/mol. The molecule has 0 radical (unpaired) electrons. The summed E-state index contributed by atoms with van der Waals surface area (Å²) >= 11 is 0. The van der Waals surface area contributed by atoms with Crippen LogP contribution < -0.4 is 5.32 Å². The van der Waals surface area contributed by atoms with Crippen molar-refractivity contribution in [2.45, 2.75) is 33.2 Å². The molecule has 0 fully saturated rings. The van der Waals surface area contributed by atoms with Crippen molar-refractivity contribution in [3.63, 3.8) is 0 Å². The first-order chi connectivity index (χ1) is 5.77. The van der Waals surface area contributed by atoms with Crippen LogP contribution >= 0.6 is 0 Å². The van der Waals surface area contributed by atoms with Crippen LogP contribution in [0.25, 0.3) is 0 Å². The molecule has 1 N–H and O–H groups in total. The first-order valence-corrected chi connectivity index (χ1v) is 4.46. The maximum absolute atomic E-state index is 5.16. The monoisotopic (exact) mass is 170 g/mol. The summed E-state index contributed by atoms with van der Waals surface area (Å²) in [5, 5.41) is 7.19. The molecule has 0 aliphatic rings. The Morgan fingerprint density at radius 2 is 2.42 bits per heavy atom. The highest BCUT2D eigenvalue weighted by molar-refractivity contribution is 5.08. The van der Waals surface area contributed by atoms with Crippen LogP contribution in [0.5, 0.6) is 0 Å². The highest BCUT2D eigenvalue weighted by Gasteiger charge is 2.09. The predicted molar refractivity (Wildman–Crippen MR) is 50.1 cm³/mol. The highest BCUT2D eigenvalue weighted by Crippen LogP contribution is 2.13. The summed E-state index contributed by atoms with van der Waals surface area (Å²) in [7, 11) is 0. The summed E-state index contributed by atoms with van der Waals surface area (Å²) in [4.78, 5) is 0. The van der Waals surface area contributed by atoms with Gasteiger partial charge in [0.25, 0.3) is 0 Å². The Kier molecular flexibility index (Phi) is 3.29. The lowest BCUT2D eigenvalue weighted by Crippen LogP contribution is -2.16. The van der Waals surface area contributed by atoms with E-state index in [4.69, 9.17) is 4.52 Å². The summed E-state index contributed by atoms with van der Waals surface area (Å²) in [6, 6.07) is 2.27. The van der Waals surface area contributed by atoms with Crippen molar-refractivity contribution in [1.29, 1.82) is 0 Å². The van der Waals surface area contributed by atoms with E-state index in [1.54, 1.807) is 0 Å². The summed E-state index contributed by atoms with van der Waals surface area (Å²) in [6.07, 6.45) is 0.933. The van der Waals surface area contributed by atoms with Crippen LogP contribution in [0.3, 0.4) is 0 Å². The molecule has 0 aliphatic carbocycles. The fourth-order valence-electron chi connectivity index (χ4n) is 1.11. The number of aryl methyl sites for hydroxylation is 1. The molecule has 0 aliphatic heterocycles. The molecule has 1 rings (SSSR count). The molecule has 1 atom stereocenters. The minimum absolute atomic E-state index is 0. The zero-order valence-corrected chi connectivity index (χ0v) is 7.92. The third-order valence-corrected chi connectivity index (χ3v) is 1.88. The molecule has 3 heteroatoms. The van der Waals surface area contributed by atoms with Crippen molar-refractivity contribution in [3.8, 4) is 0 Å². The van der Waals surface area contributed by atoms with E-state index in [-0.39, 0.29) is 7.47 Å². The molecule has 0 spiro atoms. The summed E-state index contributed by atoms with van der Waals surface area (Å²) in [5.41, 5.74) is 1.02. The number of aromatic nitrogens is 1. The Balaban J connectivity index is 0.00000144. The second-order valence-electron chi connectivity index (χ2n) is 2.85. The molecule has 70 valence electrons. The van der Waals surface area contributed by atoms with E-state index in [1.807, 2.05) is 6.07 Å². The van der Waals surface area contributed by atoms with Gasteiger partial charge >= 0.3 is 0 Å². The first-order valence-electron chi connectivity index (χ1n) is 4.46. The number of hydrogen-bond donors (Lipinski definition) is 1. The number of nitrogens with zero attached hydrogens (tertiary/aromatic N) is 1. The maximum Gasteiger partial charge on any atom is 0.153 e. The summed E-state index contributed by atoms with van der Waals surface area (Å²) in [6.45, 7) is 7.17. The zero-order valence-electron chi connectivity index (χ0n) is 7.92. The minimum atomic E-state index is 0. The number of nitrogens with one attached hydrogen (secondary N) is 1. The average Bonchev–Trinajstić information content (AvgIpc) is 2.52. The van der Waals surface area contributed by atoms with Crippen LogP contribution in [0.2, 0.25) is 0 Å². The van der Waals surface area contributed by atoms with Gasteiger partial charge in [0, 0.05) is 7.49 Å². The molecular formula is C9H18N2O. The average molecular weight is 170 g/mol. The Hall–Kier alpha value is -0.830. The Morgan fingerprint density at radius 3 is 2.92 bits per heavy atom. The molecule has 0 saturated heterocycles. The van der Waals surface area contributed by atoms with Crippen molar-refractivity contribution in [2.75, 3.05) is 6.54 Å². The molecule has 0 bridgehead atoms. The molecule has 1 aromatic heterocycles. The van der Waals surface area contributed by atoms with Gasteiger partial charge in [0.05, 0.1) is 11.7 Å². The van der Waals surface area contributed by atoms with E-state index in [2.05, 4.69) is 31.2 Å².